The van der Waals surface area contributed by atoms with E-state index in [4.69, 9.17) is 17.3 Å². The smallest absolute Gasteiger partial charge is 0.265 e. The summed E-state index contributed by atoms with van der Waals surface area (Å²) in [6.45, 7) is 0.0596. The van der Waals surface area contributed by atoms with Crippen LogP contribution in [-0.4, -0.2) is 35.7 Å². The number of hydrazine groups is 1. The summed E-state index contributed by atoms with van der Waals surface area (Å²) in [7, 11) is 0. The van der Waals surface area contributed by atoms with Crippen LogP contribution in [0.3, 0.4) is 0 Å². The summed E-state index contributed by atoms with van der Waals surface area (Å²) in [6, 6.07) is 6.63. The van der Waals surface area contributed by atoms with Crippen molar-refractivity contribution in [3.05, 3.63) is 35.4 Å². The number of hydrogen-bond donors (Lipinski definition) is 4. The first-order chi connectivity index (χ1) is 9.42. The topological polar surface area (TPSA) is 145 Å². The van der Waals surface area contributed by atoms with Gasteiger partial charge in [-0.15, -0.1) is 0 Å². The number of hydrogen-bond acceptors (Lipinski definition) is 5. The van der Waals surface area contributed by atoms with E-state index in [2.05, 4.69) is 0 Å². The molecule has 1 aromatic carbocycles. The summed E-state index contributed by atoms with van der Waals surface area (Å²) in [5, 5.41) is 0. The molecule has 0 spiro atoms. The third kappa shape index (κ3) is 5.04. The van der Waals surface area contributed by atoms with Crippen LogP contribution in [0.15, 0.2) is 24.3 Å². The maximum atomic E-state index is 11.4. The second-order valence-corrected chi connectivity index (χ2v) is 4.25. The second kappa shape index (κ2) is 7.22. The van der Waals surface area contributed by atoms with Gasteiger partial charge in [0.2, 0.25) is 11.8 Å². The van der Waals surface area contributed by atoms with Crippen molar-refractivity contribution < 1.29 is 14.4 Å². The van der Waals surface area contributed by atoms with E-state index in [0.29, 0.717) is 5.56 Å². The molecule has 0 aliphatic carbocycles. The fourth-order valence-electron chi connectivity index (χ4n) is 1.76. The van der Waals surface area contributed by atoms with E-state index in [1.165, 1.54) is 4.90 Å². The molecular formula is C12H17N5O3. The van der Waals surface area contributed by atoms with E-state index in [-0.39, 0.29) is 19.6 Å². The average molecular weight is 279 g/mol. The second-order valence-electron chi connectivity index (χ2n) is 4.25. The third-order valence-corrected chi connectivity index (χ3v) is 2.49. The predicted molar refractivity (Wildman–Crippen MR) is 71.8 cm³/mol. The summed E-state index contributed by atoms with van der Waals surface area (Å²) in [6.07, 6.45) is 0. The number of nitrogens with zero attached hydrogens (tertiary/aromatic N) is 1. The number of carbonyl (C=O) groups is 3. The molecule has 8 heteroatoms. The molecule has 7 N–H and O–H groups in total. The van der Waals surface area contributed by atoms with Gasteiger partial charge in [-0.3, -0.25) is 24.7 Å². The highest BCUT2D eigenvalue weighted by Gasteiger charge is 2.13. The van der Waals surface area contributed by atoms with Gasteiger partial charge in [-0.05, 0) is 17.7 Å². The number of primary amides is 2. The molecule has 1 rings (SSSR count). The number of nitrogens with one attached hydrogen (secondary N) is 1. The van der Waals surface area contributed by atoms with E-state index in [1.807, 2.05) is 5.43 Å². The molecule has 20 heavy (non-hydrogen) atoms. The van der Waals surface area contributed by atoms with Gasteiger partial charge in [-0.25, -0.2) is 5.84 Å². The van der Waals surface area contributed by atoms with E-state index in [0.717, 1.165) is 5.56 Å². The minimum Gasteiger partial charge on any atom is -0.369 e. The molecule has 0 bridgehead atoms. The molecule has 0 heterocycles. The zero-order valence-electron chi connectivity index (χ0n) is 10.8. The van der Waals surface area contributed by atoms with Gasteiger partial charge in [0.05, 0.1) is 13.1 Å². The van der Waals surface area contributed by atoms with E-state index >= 15 is 0 Å². The Balaban J connectivity index is 2.84. The van der Waals surface area contributed by atoms with E-state index in [1.54, 1.807) is 24.3 Å². The van der Waals surface area contributed by atoms with Crippen LogP contribution in [0.4, 0.5) is 0 Å². The zero-order valence-corrected chi connectivity index (χ0v) is 10.8. The van der Waals surface area contributed by atoms with Gasteiger partial charge in [0.1, 0.15) is 0 Å². The minimum atomic E-state index is -0.567. The lowest BCUT2D eigenvalue weighted by molar-refractivity contribution is -0.122. The number of nitrogens with two attached hydrogens (primary N) is 3. The Hall–Kier alpha value is -2.45. The summed E-state index contributed by atoms with van der Waals surface area (Å²) in [5.41, 5.74) is 13.4. The van der Waals surface area contributed by atoms with Crippen LogP contribution >= 0.6 is 0 Å². The van der Waals surface area contributed by atoms with Crippen molar-refractivity contribution in [2.24, 2.45) is 17.3 Å². The Labute approximate surface area is 115 Å². The maximum absolute atomic E-state index is 11.4. The fourth-order valence-corrected chi connectivity index (χ4v) is 1.76. The zero-order chi connectivity index (χ0) is 15.1. The lowest BCUT2D eigenvalue weighted by Crippen LogP contribution is -2.39. The quantitative estimate of drug-likeness (QED) is 0.261. The molecule has 0 unspecified atom stereocenters. The fraction of sp³-hybridized carbons (Fsp3) is 0.250. The number of nitrogen functional groups attached to an aromatic ring is 1. The Bertz CT molecular complexity index is 502. The molecule has 0 saturated heterocycles. The van der Waals surface area contributed by atoms with Gasteiger partial charge in [0, 0.05) is 12.1 Å². The standard InChI is InChI=1S/C12H17N5O3/c13-10(18)6-17(7-11(14)19)5-8-2-1-3-9(4-8)12(20)16-15/h1-4H,5-7,15H2,(H2,13,18)(H2,14,19)(H,16,20). The molecule has 0 radical (unpaired) electrons. The van der Waals surface area contributed by atoms with Crippen molar-refractivity contribution in [1.29, 1.82) is 0 Å². The van der Waals surface area contributed by atoms with Crippen LogP contribution < -0.4 is 22.7 Å². The van der Waals surface area contributed by atoms with Gasteiger partial charge in [-0.2, -0.15) is 0 Å². The third-order valence-electron chi connectivity index (χ3n) is 2.49. The Morgan fingerprint density at radius 2 is 1.70 bits per heavy atom. The number of rotatable bonds is 7. The molecule has 108 valence electrons. The summed E-state index contributed by atoms with van der Waals surface area (Å²) < 4.78 is 0. The van der Waals surface area contributed by atoms with Crippen LogP contribution in [0.5, 0.6) is 0 Å². The largest absolute Gasteiger partial charge is 0.369 e. The maximum Gasteiger partial charge on any atom is 0.265 e. The van der Waals surface area contributed by atoms with Crippen molar-refractivity contribution in [2.75, 3.05) is 13.1 Å². The molecule has 0 fully saturated rings. The summed E-state index contributed by atoms with van der Waals surface area (Å²) >= 11 is 0. The Morgan fingerprint density at radius 3 is 2.20 bits per heavy atom. The lowest BCUT2D eigenvalue weighted by atomic mass is 10.1. The van der Waals surface area contributed by atoms with Crippen LogP contribution in [-0.2, 0) is 16.1 Å². The highest BCUT2D eigenvalue weighted by Crippen LogP contribution is 2.08. The molecule has 0 saturated carbocycles. The molecule has 0 aliphatic heterocycles. The van der Waals surface area contributed by atoms with Gasteiger partial charge in [0.15, 0.2) is 0 Å². The SMILES string of the molecule is NNC(=O)c1cccc(CN(CC(N)=O)CC(N)=O)c1. The highest BCUT2D eigenvalue weighted by molar-refractivity contribution is 5.93. The molecular weight excluding hydrogens is 262 g/mol. The van der Waals surface area contributed by atoms with Crippen molar-refractivity contribution in [3.63, 3.8) is 0 Å². The van der Waals surface area contributed by atoms with E-state index in [9.17, 15) is 14.4 Å². The summed E-state index contributed by atoms with van der Waals surface area (Å²) in [5.74, 6) is 3.49. The van der Waals surface area contributed by atoms with Crippen molar-refractivity contribution in [2.45, 2.75) is 6.54 Å². The summed E-state index contributed by atoms with van der Waals surface area (Å²) in [4.78, 5) is 34.8. The molecule has 0 aliphatic rings. The number of carbonyl (C=O) groups excluding carboxylic acids is 3. The molecule has 3 amide bonds. The predicted octanol–water partition coefficient (Wildman–Crippen LogP) is -1.94. The Morgan fingerprint density at radius 1 is 1.10 bits per heavy atom. The van der Waals surface area contributed by atoms with Gasteiger partial charge in [0.25, 0.3) is 5.91 Å². The van der Waals surface area contributed by atoms with Crippen LogP contribution in [0.1, 0.15) is 15.9 Å². The first kappa shape index (κ1) is 15.6. The molecule has 1 aromatic rings. The van der Waals surface area contributed by atoms with Crippen molar-refractivity contribution in [1.82, 2.24) is 10.3 Å². The van der Waals surface area contributed by atoms with Gasteiger partial charge < -0.3 is 11.5 Å². The molecule has 8 nitrogen and oxygen atoms in total. The first-order valence-corrected chi connectivity index (χ1v) is 5.81. The molecule has 0 atom stereocenters. The van der Waals surface area contributed by atoms with Gasteiger partial charge in [-0.1, -0.05) is 12.1 Å². The number of amides is 3. The van der Waals surface area contributed by atoms with Crippen molar-refractivity contribution in [3.8, 4) is 0 Å². The van der Waals surface area contributed by atoms with Crippen LogP contribution in [0.2, 0.25) is 0 Å². The average Bonchev–Trinajstić information content (AvgIpc) is 2.36. The Kier molecular flexibility index (Phi) is 5.63. The van der Waals surface area contributed by atoms with Crippen molar-refractivity contribution >= 4 is 17.7 Å². The lowest BCUT2D eigenvalue weighted by Gasteiger charge is -2.19. The first-order valence-electron chi connectivity index (χ1n) is 5.81. The normalized spacial score (nSPS) is 10.3. The van der Waals surface area contributed by atoms with Crippen LogP contribution in [0, 0.1) is 0 Å². The number of benzene rings is 1. The molecule has 0 aromatic heterocycles. The highest BCUT2D eigenvalue weighted by atomic mass is 16.2. The van der Waals surface area contributed by atoms with Gasteiger partial charge >= 0.3 is 0 Å². The monoisotopic (exact) mass is 279 g/mol. The van der Waals surface area contributed by atoms with E-state index < -0.39 is 17.7 Å². The minimum absolute atomic E-state index is 0.101. The van der Waals surface area contributed by atoms with Crippen LogP contribution in [0.25, 0.3) is 0 Å².